The van der Waals surface area contributed by atoms with Crippen LogP contribution in [0.4, 0.5) is 10.5 Å². The van der Waals surface area contributed by atoms with Crippen LogP contribution >= 0.6 is 31.9 Å². The molecule has 0 saturated carbocycles. The number of urea groups is 1. The van der Waals surface area contributed by atoms with Crippen molar-refractivity contribution in [1.29, 1.82) is 0 Å². The van der Waals surface area contributed by atoms with Crippen LogP contribution in [0.2, 0.25) is 0 Å². The third-order valence-electron chi connectivity index (χ3n) is 11.0. The van der Waals surface area contributed by atoms with Crippen molar-refractivity contribution in [2.75, 3.05) is 44.3 Å². The van der Waals surface area contributed by atoms with E-state index >= 15 is 0 Å². The Bertz CT molecular complexity index is 2050. The van der Waals surface area contributed by atoms with Crippen LogP contribution in [0.15, 0.2) is 74.9 Å². The fraction of sp³-hybridized carbons (Fsp3) is 0.475. The van der Waals surface area contributed by atoms with E-state index in [1.54, 1.807) is 39.2 Å². The number of sulfonamides is 1. The molecular weight excluding hydrogens is 894 g/mol. The van der Waals surface area contributed by atoms with Crippen molar-refractivity contribution in [2.45, 2.75) is 82.0 Å². The zero-order chi connectivity index (χ0) is 41.4. The molecule has 2 aromatic carbocycles. The molecule has 6 N–H and O–H groups in total. The number of halogens is 2. The standard InChI is InChI=1S/C40H51Br2N9O6S/c1-58(56,57)48-39(50-20-13-30(14-21-50)51-25-29-6-2-3-7-33(29)47-40(51)55)46-35(24-26-22-31(41)36(52)32(42)23-26)37(53)45-34(8-4-5-15-43)38(54)49-18-11-28(12-19-49)27-9-16-44-17-10-27/h2-3,6-7,9-10,16-17,22-23,28,30,34-35,52H,4-5,8,11-15,18-21,24-25,43H2,1H3,(H,45,53)(H,46,48)(H,47,55)/t34-,35-/m0/s1. The maximum atomic E-state index is 14.5. The van der Waals surface area contributed by atoms with E-state index in [0.29, 0.717) is 91.8 Å². The van der Waals surface area contributed by atoms with Crippen molar-refractivity contribution in [3.8, 4) is 5.75 Å². The number of carbonyl (C=O) groups excluding carboxylic acids is 3. The topological polar surface area (TPSA) is 203 Å². The fourth-order valence-corrected chi connectivity index (χ4v) is 9.65. The molecule has 2 fully saturated rings. The third-order valence-corrected chi connectivity index (χ3v) is 12.7. The number of nitrogens with two attached hydrogens (primary N) is 1. The summed E-state index contributed by atoms with van der Waals surface area (Å²) < 4.78 is 29.0. The predicted octanol–water partition coefficient (Wildman–Crippen LogP) is 4.66. The van der Waals surface area contributed by atoms with Crippen LogP contribution in [0.5, 0.6) is 5.75 Å². The van der Waals surface area contributed by atoms with E-state index in [1.807, 2.05) is 36.4 Å². The number of unbranched alkanes of at least 4 members (excludes halogenated alkanes) is 1. The summed E-state index contributed by atoms with van der Waals surface area (Å²) in [5.74, 6) is -0.448. The number of hydrogen-bond acceptors (Lipinski definition) is 9. The summed E-state index contributed by atoms with van der Waals surface area (Å²) >= 11 is 6.75. The second-order valence-corrected chi connectivity index (χ2v) is 18.6. The van der Waals surface area contributed by atoms with Crippen LogP contribution in [-0.4, -0.2) is 114 Å². The lowest BCUT2D eigenvalue weighted by atomic mass is 9.89. The zero-order valence-corrected chi connectivity index (χ0v) is 36.4. The Balaban J connectivity index is 1.24. The normalized spacial score (nSPS) is 18.0. The summed E-state index contributed by atoms with van der Waals surface area (Å²) in [4.78, 5) is 56.1. The van der Waals surface area contributed by atoms with Crippen LogP contribution < -0.4 is 21.1 Å². The smallest absolute Gasteiger partial charge is 0.322 e. The summed E-state index contributed by atoms with van der Waals surface area (Å²) in [7, 11) is -3.86. The number of para-hydroxylation sites is 1. The number of anilines is 1. The van der Waals surface area contributed by atoms with Crippen molar-refractivity contribution >= 4 is 71.4 Å². The summed E-state index contributed by atoms with van der Waals surface area (Å²) in [6.45, 7) is 2.70. The number of hydrogen-bond donors (Lipinski definition) is 5. The number of pyridine rings is 1. The average molecular weight is 946 g/mol. The Labute approximate surface area is 356 Å². The Morgan fingerprint density at radius 3 is 2.31 bits per heavy atom. The molecule has 0 spiro atoms. The van der Waals surface area contributed by atoms with Crippen molar-refractivity contribution in [3.63, 3.8) is 0 Å². The Morgan fingerprint density at radius 2 is 1.66 bits per heavy atom. The highest BCUT2D eigenvalue weighted by atomic mass is 79.9. The Kier molecular flexibility index (Phi) is 14.7. The van der Waals surface area contributed by atoms with Crippen molar-refractivity contribution in [2.24, 2.45) is 10.7 Å². The van der Waals surface area contributed by atoms with E-state index in [-0.39, 0.29) is 36.1 Å². The van der Waals surface area contributed by atoms with Crippen molar-refractivity contribution in [1.82, 2.24) is 29.7 Å². The molecule has 0 aliphatic carbocycles. The van der Waals surface area contributed by atoms with E-state index in [4.69, 9.17) is 10.7 Å². The van der Waals surface area contributed by atoms with Gasteiger partial charge in [0.25, 0.3) is 0 Å². The van der Waals surface area contributed by atoms with Crippen molar-refractivity contribution in [3.05, 3.63) is 86.6 Å². The van der Waals surface area contributed by atoms with Crippen molar-refractivity contribution < 1.29 is 27.9 Å². The second kappa shape index (κ2) is 19.7. The molecule has 0 radical (unpaired) electrons. The van der Waals surface area contributed by atoms with E-state index in [2.05, 4.69) is 52.2 Å². The number of nitrogens with one attached hydrogen (secondary N) is 3. The number of fused-ring (bicyclic) bond motifs is 1. The molecule has 2 atom stereocenters. The van der Waals surface area contributed by atoms with Gasteiger partial charge in [-0.1, -0.05) is 18.2 Å². The van der Waals surface area contributed by atoms with Gasteiger partial charge in [-0.15, -0.1) is 0 Å². The van der Waals surface area contributed by atoms with E-state index < -0.39 is 28.0 Å². The van der Waals surface area contributed by atoms with Gasteiger partial charge in [-0.05, 0) is 136 Å². The summed E-state index contributed by atoms with van der Waals surface area (Å²) in [6.07, 6.45) is 8.88. The van der Waals surface area contributed by atoms with Gasteiger partial charge in [0.05, 0.1) is 15.2 Å². The summed E-state index contributed by atoms with van der Waals surface area (Å²) in [5, 5.41) is 16.4. The summed E-state index contributed by atoms with van der Waals surface area (Å²) in [6, 6.07) is 12.7. The number of aromatic hydroxyl groups is 1. The number of phenolic OH excluding ortho intramolecular Hbond substituents is 1. The molecule has 0 unspecified atom stereocenters. The Hall–Kier alpha value is -4.26. The highest BCUT2D eigenvalue weighted by Crippen LogP contribution is 2.34. The molecule has 15 nitrogen and oxygen atoms in total. The number of guanidine groups is 1. The largest absolute Gasteiger partial charge is 0.506 e. The van der Waals surface area contributed by atoms with Crippen LogP contribution in [0.3, 0.4) is 0 Å². The van der Waals surface area contributed by atoms with Crippen LogP contribution in [0.1, 0.15) is 67.6 Å². The predicted molar refractivity (Wildman–Crippen MR) is 230 cm³/mol. The van der Waals surface area contributed by atoms with Crippen LogP contribution in [0.25, 0.3) is 0 Å². The Morgan fingerprint density at radius 1 is 1.00 bits per heavy atom. The van der Waals surface area contributed by atoms with Gasteiger partial charge in [-0.25, -0.2) is 18.2 Å². The van der Waals surface area contributed by atoms with Gasteiger partial charge in [0.1, 0.15) is 17.8 Å². The number of benzene rings is 2. The molecule has 0 bridgehead atoms. The quantitative estimate of drug-likeness (QED) is 0.0918. The lowest BCUT2D eigenvalue weighted by Gasteiger charge is -2.41. The minimum atomic E-state index is -3.86. The number of carbonyl (C=O) groups is 3. The molecule has 312 valence electrons. The first-order valence-corrected chi connectivity index (χ1v) is 23.1. The number of nitrogens with zero attached hydrogens (tertiary/aromatic N) is 5. The maximum Gasteiger partial charge on any atom is 0.322 e. The lowest BCUT2D eigenvalue weighted by Crippen LogP contribution is -2.55. The number of likely N-dealkylation sites (tertiary alicyclic amines) is 2. The van der Waals surface area contributed by atoms with E-state index in [9.17, 15) is 27.9 Å². The van der Waals surface area contributed by atoms with E-state index in [0.717, 1.165) is 30.3 Å². The average Bonchev–Trinajstić information content (AvgIpc) is 3.21. The van der Waals surface area contributed by atoms with Gasteiger partial charge in [-0.2, -0.15) is 0 Å². The molecular formula is C40H51Br2N9O6S. The van der Waals surface area contributed by atoms with Gasteiger partial charge in [0.2, 0.25) is 27.8 Å². The molecule has 58 heavy (non-hydrogen) atoms. The number of amides is 4. The molecule has 6 rings (SSSR count). The molecule has 2 saturated heterocycles. The zero-order valence-electron chi connectivity index (χ0n) is 32.4. The molecule has 18 heteroatoms. The summed E-state index contributed by atoms with van der Waals surface area (Å²) in [5.41, 5.74) is 9.43. The fourth-order valence-electron chi connectivity index (χ4n) is 7.86. The van der Waals surface area contributed by atoms with E-state index in [1.165, 1.54) is 5.56 Å². The third kappa shape index (κ3) is 11.3. The maximum absolute atomic E-state index is 14.5. The minimum absolute atomic E-state index is 0.00403. The lowest BCUT2D eigenvalue weighted by molar-refractivity contribution is -0.137. The van der Waals surface area contributed by atoms with Crippen LogP contribution in [0, 0.1) is 0 Å². The number of piperidine rings is 2. The number of aromatic nitrogens is 1. The first-order valence-electron chi connectivity index (χ1n) is 19.6. The van der Waals surface area contributed by atoms with Gasteiger partial charge in [0.15, 0.2) is 0 Å². The number of rotatable bonds is 13. The monoisotopic (exact) mass is 943 g/mol. The molecule has 1 aromatic heterocycles. The van der Waals surface area contributed by atoms with Crippen LogP contribution in [-0.2, 0) is 32.6 Å². The number of phenols is 1. The molecule has 3 aliphatic rings. The highest BCUT2D eigenvalue weighted by Gasteiger charge is 2.35. The van der Waals surface area contributed by atoms with Gasteiger partial charge >= 0.3 is 6.03 Å². The SMILES string of the molecule is CS(=O)(=O)NC(=N[C@@H](Cc1cc(Br)c(O)c(Br)c1)C(=O)N[C@@H](CCCCN)C(=O)N1CCC(c2ccncc2)CC1)N1CCC(N2Cc3ccccc3NC2=O)CC1. The molecule has 3 aliphatic heterocycles. The molecule has 3 aromatic rings. The van der Waals surface area contributed by atoms with Gasteiger partial charge in [-0.3, -0.25) is 19.3 Å². The minimum Gasteiger partial charge on any atom is -0.506 e. The number of aliphatic imine (C=N–C) groups is 1. The molecule has 4 amide bonds. The second-order valence-electron chi connectivity index (χ2n) is 15.1. The van der Waals surface area contributed by atoms with Gasteiger partial charge in [0, 0.05) is 63.3 Å². The highest BCUT2D eigenvalue weighted by molar-refractivity contribution is 9.11. The first-order chi connectivity index (χ1) is 27.8. The first kappa shape index (κ1) is 43.3. The molecule has 4 heterocycles. The van der Waals surface area contributed by atoms with Gasteiger partial charge < -0.3 is 36.2 Å².